The van der Waals surface area contributed by atoms with Crippen molar-refractivity contribution in [3.05, 3.63) is 0 Å². The van der Waals surface area contributed by atoms with Crippen LogP contribution in [0, 0.1) is 28.6 Å². The first-order valence-electron chi connectivity index (χ1n) is 7.83. The molecule has 0 heterocycles. The molecule has 0 N–H and O–H groups in total. The Morgan fingerprint density at radius 3 is 2.21 bits per heavy atom. The monoisotopic (exact) mass is 265 g/mol. The number of nitriles is 1. The van der Waals surface area contributed by atoms with Gasteiger partial charge in [-0.2, -0.15) is 5.26 Å². The van der Waals surface area contributed by atoms with Gasteiger partial charge in [0, 0.05) is 0 Å². The van der Waals surface area contributed by atoms with Crippen molar-refractivity contribution >= 4 is 0 Å². The van der Waals surface area contributed by atoms with E-state index in [1.165, 1.54) is 12.8 Å². The molecule has 0 aromatic rings. The Morgan fingerprint density at radius 2 is 1.74 bits per heavy atom. The van der Waals surface area contributed by atoms with Crippen LogP contribution in [-0.2, 0) is 4.74 Å². The van der Waals surface area contributed by atoms with E-state index in [4.69, 9.17) is 4.74 Å². The zero-order chi connectivity index (χ0) is 14.7. The molecule has 1 aliphatic rings. The molecule has 0 radical (unpaired) electrons. The van der Waals surface area contributed by atoms with Crippen molar-refractivity contribution in [2.24, 2.45) is 17.3 Å². The zero-order valence-corrected chi connectivity index (χ0v) is 13.6. The number of rotatable bonds is 5. The van der Waals surface area contributed by atoms with Gasteiger partial charge in [-0.1, -0.05) is 34.1 Å². The van der Waals surface area contributed by atoms with Crippen molar-refractivity contribution in [1.29, 1.82) is 5.26 Å². The summed E-state index contributed by atoms with van der Waals surface area (Å²) in [5.74, 6) is 0.759. The minimum Gasteiger partial charge on any atom is -0.371 e. The van der Waals surface area contributed by atoms with E-state index in [-0.39, 0.29) is 17.6 Å². The molecule has 3 atom stereocenters. The minimum absolute atomic E-state index is 0.0785. The molecule has 0 spiro atoms. The molecule has 0 aromatic heterocycles. The summed E-state index contributed by atoms with van der Waals surface area (Å²) in [5.41, 5.74) is 0.246. The third kappa shape index (κ3) is 4.21. The van der Waals surface area contributed by atoms with Gasteiger partial charge in [0.15, 0.2) is 0 Å². The smallest absolute Gasteiger partial charge is 0.0743 e. The second kappa shape index (κ2) is 6.27. The van der Waals surface area contributed by atoms with Crippen LogP contribution in [0.1, 0.15) is 73.6 Å². The summed E-state index contributed by atoms with van der Waals surface area (Å²) in [6.07, 6.45) is 5.51. The molecule has 1 saturated carbocycles. The third-order valence-corrected chi connectivity index (χ3v) is 5.30. The minimum atomic E-state index is -0.113. The SMILES string of the molecule is CCC(C)(C)OC1CC(C(C)(C)CC)CCC1C#N. The molecule has 0 aromatic carbocycles. The van der Waals surface area contributed by atoms with E-state index in [1.807, 2.05) is 0 Å². The van der Waals surface area contributed by atoms with Crippen LogP contribution in [0.25, 0.3) is 0 Å². The lowest BCUT2D eigenvalue weighted by atomic mass is 9.67. The standard InChI is InChI=1S/C17H31NO/c1-7-16(3,4)14-10-9-13(12-18)15(11-14)19-17(5,6)8-2/h13-15H,7-11H2,1-6H3. The Kier molecular flexibility index (Phi) is 5.44. The van der Waals surface area contributed by atoms with E-state index in [1.54, 1.807) is 0 Å². The molecule has 3 unspecified atom stereocenters. The Labute approximate surface area is 119 Å². The molecule has 0 aliphatic heterocycles. The molecule has 0 amide bonds. The Hall–Kier alpha value is -0.550. The van der Waals surface area contributed by atoms with E-state index < -0.39 is 0 Å². The van der Waals surface area contributed by atoms with Crippen LogP contribution in [0.5, 0.6) is 0 Å². The lowest BCUT2D eigenvalue weighted by Gasteiger charge is -2.43. The molecule has 2 nitrogen and oxygen atoms in total. The zero-order valence-electron chi connectivity index (χ0n) is 13.6. The number of hydrogen-bond acceptors (Lipinski definition) is 2. The van der Waals surface area contributed by atoms with Gasteiger partial charge in [-0.05, 0) is 50.9 Å². The highest BCUT2D eigenvalue weighted by Crippen LogP contribution is 2.43. The third-order valence-electron chi connectivity index (χ3n) is 5.30. The Balaban J connectivity index is 2.78. The molecule has 2 heteroatoms. The number of nitrogens with zero attached hydrogens (tertiary/aromatic N) is 1. The normalized spacial score (nSPS) is 29.0. The largest absolute Gasteiger partial charge is 0.371 e. The highest BCUT2D eigenvalue weighted by atomic mass is 16.5. The van der Waals surface area contributed by atoms with Crippen LogP contribution in [0.15, 0.2) is 0 Å². The van der Waals surface area contributed by atoms with Gasteiger partial charge in [0.25, 0.3) is 0 Å². The first-order valence-corrected chi connectivity index (χ1v) is 7.83. The maximum Gasteiger partial charge on any atom is 0.0743 e. The van der Waals surface area contributed by atoms with Crippen molar-refractivity contribution in [3.63, 3.8) is 0 Å². The average molecular weight is 265 g/mol. The van der Waals surface area contributed by atoms with E-state index >= 15 is 0 Å². The van der Waals surface area contributed by atoms with Gasteiger partial charge in [-0.25, -0.2) is 0 Å². The molecular formula is C17H31NO. The topological polar surface area (TPSA) is 33.0 Å². The summed E-state index contributed by atoms with van der Waals surface area (Å²) in [7, 11) is 0. The van der Waals surface area contributed by atoms with Crippen LogP contribution in [-0.4, -0.2) is 11.7 Å². The fourth-order valence-corrected chi connectivity index (χ4v) is 2.90. The summed E-state index contributed by atoms with van der Waals surface area (Å²) in [6.45, 7) is 13.4. The van der Waals surface area contributed by atoms with E-state index in [2.05, 4.69) is 47.6 Å². The fraction of sp³-hybridized carbons (Fsp3) is 0.941. The highest BCUT2D eigenvalue weighted by Gasteiger charge is 2.39. The average Bonchev–Trinajstić information content (AvgIpc) is 2.38. The molecule has 1 rings (SSSR count). The van der Waals surface area contributed by atoms with Gasteiger partial charge >= 0.3 is 0 Å². The summed E-state index contributed by atoms with van der Waals surface area (Å²) >= 11 is 0. The quantitative estimate of drug-likeness (QED) is 0.705. The molecule has 1 fully saturated rings. The number of ether oxygens (including phenoxy) is 1. The lowest BCUT2D eigenvalue weighted by Crippen LogP contribution is -2.41. The predicted molar refractivity (Wildman–Crippen MR) is 79.8 cm³/mol. The van der Waals surface area contributed by atoms with Crippen molar-refractivity contribution in [2.75, 3.05) is 0 Å². The van der Waals surface area contributed by atoms with Gasteiger partial charge in [-0.3, -0.25) is 0 Å². The van der Waals surface area contributed by atoms with Gasteiger partial charge in [0.1, 0.15) is 0 Å². The van der Waals surface area contributed by atoms with Crippen LogP contribution in [0.4, 0.5) is 0 Å². The van der Waals surface area contributed by atoms with Crippen molar-refractivity contribution in [2.45, 2.75) is 85.4 Å². The van der Waals surface area contributed by atoms with Gasteiger partial charge in [0.2, 0.25) is 0 Å². The molecular weight excluding hydrogens is 234 g/mol. The van der Waals surface area contributed by atoms with E-state index in [0.717, 1.165) is 19.3 Å². The Bertz CT molecular complexity index is 327. The maximum atomic E-state index is 9.35. The van der Waals surface area contributed by atoms with Crippen molar-refractivity contribution in [1.82, 2.24) is 0 Å². The van der Waals surface area contributed by atoms with E-state index in [9.17, 15) is 5.26 Å². The lowest BCUT2D eigenvalue weighted by molar-refractivity contribution is -0.116. The van der Waals surface area contributed by atoms with Crippen molar-refractivity contribution < 1.29 is 4.74 Å². The summed E-state index contributed by atoms with van der Waals surface area (Å²) in [6, 6.07) is 2.47. The second-order valence-electron chi connectivity index (χ2n) is 7.36. The summed E-state index contributed by atoms with van der Waals surface area (Å²) < 4.78 is 6.28. The summed E-state index contributed by atoms with van der Waals surface area (Å²) in [5, 5.41) is 9.35. The van der Waals surface area contributed by atoms with Gasteiger partial charge in [0.05, 0.1) is 23.7 Å². The second-order valence-corrected chi connectivity index (χ2v) is 7.36. The predicted octanol–water partition coefficient (Wildman–Crippen LogP) is 4.94. The Morgan fingerprint density at radius 1 is 1.11 bits per heavy atom. The fourth-order valence-electron chi connectivity index (χ4n) is 2.90. The molecule has 110 valence electrons. The molecule has 19 heavy (non-hydrogen) atoms. The molecule has 0 saturated heterocycles. The van der Waals surface area contributed by atoms with Crippen LogP contribution in [0.2, 0.25) is 0 Å². The van der Waals surface area contributed by atoms with Gasteiger partial charge < -0.3 is 4.74 Å². The summed E-state index contributed by atoms with van der Waals surface area (Å²) in [4.78, 5) is 0. The molecule has 1 aliphatic carbocycles. The molecule has 0 bridgehead atoms. The van der Waals surface area contributed by atoms with Crippen LogP contribution in [0.3, 0.4) is 0 Å². The maximum absolute atomic E-state index is 9.35. The first-order chi connectivity index (χ1) is 8.75. The number of hydrogen-bond donors (Lipinski definition) is 0. The van der Waals surface area contributed by atoms with Crippen LogP contribution < -0.4 is 0 Å². The van der Waals surface area contributed by atoms with Crippen LogP contribution >= 0.6 is 0 Å². The van der Waals surface area contributed by atoms with Crippen molar-refractivity contribution in [3.8, 4) is 6.07 Å². The van der Waals surface area contributed by atoms with E-state index in [0.29, 0.717) is 11.3 Å². The first kappa shape index (κ1) is 16.5. The highest BCUT2D eigenvalue weighted by molar-refractivity contribution is 4.97. The van der Waals surface area contributed by atoms with Gasteiger partial charge in [-0.15, -0.1) is 0 Å².